The largest absolute Gasteiger partial charge is 0.466 e. The molecule has 23 heavy (non-hydrogen) atoms. The fourth-order valence-electron chi connectivity index (χ4n) is 3.93. The Kier molecular flexibility index (Phi) is 5.55. The van der Waals surface area contributed by atoms with Crippen LogP contribution in [0.5, 0.6) is 0 Å². The van der Waals surface area contributed by atoms with Crippen molar-refractivity contribution < 1.29 is 14.3 Å². The first-order valence-corrected chi connectivity index (χ1v) is 8.69. The van der Waals surface area contributed by atoms with E-state index in [4.69, 9.17) is 4.74 Å². The van der Waals surface area contributed by atoms with E-state index in [-0.39, 0.29) is 17.9 Å². The summed E-state index contributed by atoms with van der Waals surface area (Å²) in [6.45, 7) is 9.55. The van der Waals surface area contributed by atoms with Gasteiger partial charge in [-0.3, -0.25) is 9.69 Å². The van der Waals surface area contributed by atoms with Gasteiger partial charge in [-0.05, 0) is 33.6 Å². The molecule has 0 radical (unpaired) electrons. The highest BCUT2D eigenvalue weighted by Crippen LogP contribution is 2.44. The number of carbonyl (C=O) groups is 2. The zero-order chi connectivity index (χ0) is 17.2. The van der Waals surface area contributed by atoms with Crippen LogP contribution in [0.25, 0.3) is 0 Å². The summed E-state index contributed by atoms with van der Waals surface area (Å²) in [5, 5.41) is 0. The molecule has 2 aliphatic rings. The first-order valence-electron chi connectivity index (χ1n) is 8.69. The van der Waals surface area contributed by atoms with Gasteiger partial charge < -0.3 is 14.5 Å². The second kappa shape index (κ2) is 7.07. The first kappa shape index (κ1) is 18.0. The summed E-state index contributed by atoms with van der Waals surface area (Å²) in [6, 6.07) is 0.430. The van der Waals surface area contributed by atoms with E-state index in [1.807, 2.05) is 11.8 Å². The molecular weight excluding hydrogens is 294 g/mol. The van der Waals surface area contributed by atoms with E-state index in [9.17, 15) is 9.59 Å². The smallest absolute Gasteiger partial charge is 0.319 e. The lowest BCUT2D eigenvalue weighted by molar-refractivity contribution is -0.157. The fraction of sp³-hybridized carbons (Fsp3) is 0.882. The Balaban J connectivity index is 2.26. The number of rotatable bonds is 3. The average Bonchev–Trinajstić information content (AvgIpc) is 2.76. The molecule has 2 rings (SSSR count). The van der Waals surface area contributed by atoms with Crippen LogP contribution < -0.4 is 0 Å². The molecule has 2 fully saturated rings. The van der Waals surface area contributed by atoms with Crippen LogP contribution in [0.15, 0.2) is 0 Å². The lowest BCUT2D eigenvalue weighted by Crippen LogP contribution is -2.45. The maximum Gasteiger partial charge on any atom is 0.319 e. The zero-order valence-corrected chi connectivity index (χ0v) is 15.2. The number of likely N-dealkylation sites (tertiary alicyclic amines) is 2. The summed E-state index contributed by atoms with van der Waals surface area (Å²) in [5.41, 5.74) is -0.457. The van der Waals surface area contributed by atoms with E-state index >= 15 is 0 Å². The van der Waals surface area contributed by atoms with Gasteiger partial charge in [0.1, 0.15) is 0 Å². The lowest BCUT2D eigenvalue weighted by atomic mass is 9.75. The van der Waals surface area contributed by atoms with Crippen molar-refractivity contribution in [3.8, 4) is 0 Å². The molecule has 0 unspecified atom stereocenters. The molecule has 132 valence electrons. The molecule has 2 atom stereocenters. The quantitative estimate of drug-likeness (QED) is 0.741. The topological polar surface area (TPSA) is 53.1 Å². The van der Waals surface area contributed by atoms with E-state index in [0.717, 1.165) is 32.5 Å². The summed E-state index contributed by atoms with van der Waals surface area (Å²) in [6.07, 6.45) is 1.65. The highest BCUT2D eigenvalue weighted by atomic mass is 16.5. The van der Waals surface area contributed by atoms with E-state index in [0.29, 0.717) is 19.2 Å². The van der Waals surface area contributed by atoms with E-state index < -0.39 is 5.41 Å². The third-order valence-electron chi connectivity index (χ3n) is 5.28. The molecule has 0 aliphatic carbocycles. The van der Waals surface area contributed by atoms with Crippen LogP contribution in [-0.4, -0.2) is 79.6 Å². The third kappa shape index (κ3) is 3.47. The fourth-order valence-corrected chi connectivity index (χ4v) is 3.93. The van der Waals surface area contributed by atoms with Gasteiger partial charge in [0.05, 0.1) is 12.0 Å². The molecule has 2 heterocycles. The number of fused-ring (bicyclic) bond motifs is 1. The number of amides is 2. The number of urea groups is 1. The lowest BCUT2D eigenvalue weighted by Gasteiger charge is -2.32. The van der Waals surface area contributed by atoms with Crippen molar-refractivity contribution in [2.24, 2.45) is 11.3 Å². The van der Waals surface area contributed by atoms with E-state index in [1.165, 1.54) is 0 Å². The number of esters is 1. The van der Waals surface area contributed by atoms with Gasteiger partial charge in [-0.25, -0.2) is 4.79 Å². The number of carbonyl (C=O) groups excluding carboxylic acids is 2. The van der Waals surface area contributed by atoms with Crippen molar-refractivity contribution in [1.29, 1.82) is 0 Å². The molecule has 0 aromatic rings. The van der Waals surface area contributed by atoms with Crippen LogP contribution in [0.3, 0.4) is 0 Å². The molecule has 0 bridgehead atoms. The third-order valence-corrected chi connectivity index (χ3v) is 5.28. The van der Waals surface area contributed by atoms with Crippen LogP contribution >= 0.6 is 0 Å². The van der Waals surface area contributed by atoms with Gasteiger partial charge in [-0.1, -0.05) is 0 Å². The van der Waals surface area contributed by atoms with Gasteiger partial charge in [0.25, 0.3) is 0 Å². The molecule has 2 aliphatic heterocycles. The van der Waals surface area contributed by atoms with E-state index in [1.54, 1.807) is 19.0 Å². The van der Waals surface area contributed by atoms with Crippen LogP contribution in [0.1, 0.15) is 33.6 Å². The van der Waals surface area contributed by atoms with Gasteiger partial charge in [-0.15, -0.1) is 0 Å². The summed E-state index contributed by atoms with van der Waals surface area (Å²) >= 11 is 0. The van der Waals surface area contributed by atoms with Crippen LogP contribution in [0, 0.1) is 11.3 Å². The Hall–Kier alpha value is -1.30. The molecular formula is C17H31N3O3. The highest BCUT2D eigenvalue weighted by molar-refractivity contribution is 5.79. The van der Waals surface area contributed by atoms with Gasteiger partial charge >= 0.3 is 12.0 Å². The molecule has 0 aromatic carbocycles. The van der Waals surface area contributed by atoms with Crippen molar-refractivity contribution in [3.05, 3.63) is 0 Å². The molecule has 2 amide bonds. The predicted octanol–water partition coefficient (Wildman–Crippen LogP) is 1.65. The molecule has 6 nitrogen and oxygen atoms in total. The van der Waals surface area contributed by atoms with Crippen LogP contribution in [0.2, 0.25) is 0 Å². The monoisotopic (exact) mass is 325 g/mol. The minimum atomic E-state index is -0.457. The van der Waals surface area contributed by atoms with Crippen molar-refractivity contribution in [2.45, 2.75) is 39.7 Å². The second-order valence-electron chi connectivity index (χ2n) is 7.32. The van der Waals surface area contributed by atoms with E-state index in [2.05, 4.69) is 18.7 Å². The molecule has 0 aromatic heterocycles. The molecule has 0 spiro atoms. The number of hydrogen-bond acceptors (Lipinski definition) is 4. The SMILES string of the molecule is CCOC(=O)[C@]12CCCN(C(=O)N(C)C)C[C@H]1CN(C(C)C)C2. The second-order valence-corrected chi connectivity index (χ2v) is 7.32. The van der Waals surface area contributed by atoms with Gasteiger partial charge in [0, 0.05) is 52.2 Å². The van der Waals surface area contributed by atoms with Crippen LogP contribution in [0.4, 0.5) is 4.79 Å². The summed E-state index contributed by atoms with van der Waals surface area (Å²) in [5.74, 6) is 0.0719. The van der Waals surface area contributed by atoms with Crippen molar-refractivity contribution >= 4 is 12.0 Å². The maximum absolute atomic E-state index is 12.8. The predicted molar refractivity (Wildman–Crippen MR) is 89.2 cm³/mol. The summed E-state index contributed by atoms with van der Waals surface area (Å²) < 4.78 is 5.43. The number of ether oxygens (including phenoxy) is 1. The Morgan fingerprint density at radius 1 is 1.30 bits per heavy atom. The van der Waals surface area contributed by atoms with Crippen molar-refractivity contribution in [2.75, 3.05) is 46.9 Å². The molecule has 0 N–H and O–H groups in total. The summed E-state index contributed by atoms with van der Waals surface area (Å²) in [4.78, 5) is 31.0. The Bertz CT molecular complexity index is 452. The highest BCUT2D eigenvalue weighted by Gasteiger charge is 2.54. The Morgan fingerprint density at radius 2 is 2.00 bits per heavy atom. The first-order chi connectivity index (χ1) is 10.8. The summed E-state index contributed by atoms with van der Waals surface area (Å²) in [7, 11) is 3.56. The van der Waals surface area contributed by atoms with Gasteiger partial charge in [0.2, 0.25) is 0 Å². The molecule has 2 saturated heterocycles. The van der Waals surface area contributed by atoms with Crippen molar-refractivity contribution in [3.63, 3.8) is 0 Å². The van der Waals surface area contributed by atoms with Gasteiger partial charge in [-0.2, -0.15) is 0 Å². The van der Waals surface area contributed by atoms with Crippen LogP contribution in [-0.2, 0) is 9.53 Å². The Morgan fingerprint density at radius 3 is 2.57 bits per heavy atom. The Labute approximate surface area is 139 Å². The molecule has 0 saturated carbocycles. The average molecular weight is 325 g/mol. The number of nitrogens with zero attached hydrogens (tertiary/aromatic N) is 3. The van der Waals surface area contributed by atoms with Gasteiger partial charge in [0.15, 0.2) is 0 Å². The van der Waals surface area contributed by atoms with Crippen molar-refractivity contribution in [1.82, 2.24) is 14.7 Å². The normalized spacial score (nSPS) is 28.4. The minimum absolute atomic E-state index is 0.0349. The molecule has 6 heteroatoms. The minimum Gasteiger partial charge on any atom is -0.466 e. The zero-order valence-electron chi connectivity index (χ0n) is 15.2. The maximum atomic E-state index is 12.8. The standard InChI is InChI=1S/C17H31N3O3/c1-6-23-15(21)17-8-7-9-19(16(22)18(4)5)10-14(17)11-20(12-17)13(2)3/h13-14H,6-12H2,1-5H3/t14-,17-/m0/s1. The number of hydrogen-bond donors (Lipinski definition) is 0.